The lowest BCUT2D eigenvalue weighted by atomic mass is 9.90. The van der Waals surface area contributed by atoms with E-state index in [2.05, 4.69) is 0 Å². The Kier molecular flexibility index (Phi) is 2.69. The lowest BCUT2D eigenvalue weighted by Gasteiger charge is -2.24. The van der Waals surface area contributed by atoms with Crippen LogP contribution in [0.4, 0.5) is 8.78 Å². The van der Waals surface area contributed by atoms with Gasteiger partial charge in [-0.25, -0.2) is 8.78 Å². The van der Waals surface area contributed by atoms with E-state index in [9.17, 15) is 8.78 Å². The standard InChI is InChI=1S/C11H12ClF2N/c12-8-3-4-9(10(13)5-8)11(14,6-15)7-1-2-7/h3-5,7H,1-2,6,15H2. The van der Waals surface area contributed by atoms with Crippen molar-refractivity contribution in [2.24, 2.45) is 11.7 Å². The summed E-state index contributed by atoms with van der Waals surface area (Å²) in [6.45, 7) is -0.184. The van der Waals surface area contributed by atoms with Crippen molar-refractivity contribution in [3.8, 4) is 0 Å². The number of hydrogen-bond acceptors (Lipinski definition) is 1. The summed E-state index contributed by atoms with van der Waals surface area (Å²) in [6, 6.07) is 4.01. The second kappa shape index (κ2) is 3.72. The van der Waals surface area contributed by atoms with Gasteiger partial charge in [0.25, 0.3) is 0 Å². The minimum absolute atomic E-state index is 0.0388. The summed E-state index contributed by atoms with van der Waals surface area (Å²) >= 11 is 5.61. The fourth-order valence-corrected chi connectivity index (χ4v) is 2.02. The Balaban J connectivity index is 2.42. The van der Waals surface area contributed by atoms with E-state index in [0.717, 1.165) is 18.9 Å². The summed E-state index contributed by atoms with van der Waals surface area (Å²) in [7, 11) is 0. The average Bonchev–Trinajstić information content (AvgIpc) is 3.00. The minimum Gasteiger partial charge on any atom is -0.327 e. The maximum atomic E-state index is 14.4. The van der Waals surface area contributed by atoms with E-state index in [1.807, 2.05) is 0 Å². The molecule has 0 heterocycles. The third kappa shape index (κ3) is 1.86. The van der Waals surface area contributed by atoms with Crippen LogP contribution in [0.15, 0.2) is 18.2 Å². The van der Waals surface area contributed by atoms with Gasteiger partial charge in [0.1, 0.15) is 5.82 Å². The summed E-state index contributed by atoms with van der Waals surface area (Å²) in [6.07, 6.45) is 1.55. The molecule has 1 atom stereocenters. The Bertz CT molecular complexity index is 379. The largest absolute Gasteiger partial charge is 0.327 e. The van der Waals surface area contributed by atoms with Crippen molar-refractivity contribution in [2.75, 3.05) is 6.54 Å². The normalized spacial score (nSPS) is 20.0. The maximum Gasteiger partial charge on any atom is 0.153 e. The van der Waals surface area contributed by atoms with Gasteiger partial charge in [0.05, 0.1) is 0 Å². The van der Waals surface area contributed by atoms with Crippen molar-refractivity contribution in [3.63, 3.8) is 0 Å². The molecule has 1 aromatic rings. The van der Waals surface area contributed by atoms with Gasteiger partial charge in [0.15, 0.2) is 5.67 Å². The lowest BCUT2D eigenvalue weighted by Crippen LogP contribution is -2.33. The zero-order chi connectivity index (χ0) is 11.1. The van der Waals surface area contributed by atoms with E-state index in [-0.39, 0.29) is 23.0 Å². The number of rotatable bonds is 3. The molecule has 2 rings (SSSR count). The van der Waals surface area contributed by atoms with Crippen LogP contribution in [0.3, 0.4) is 0 Å². The van der Waals surface area contributed by atoms with Crippen LogP contribution in [0, 0.1) is 11.7 Å². The summed E-state index contributed by atoms with van der Waals surface area (Å²) in [5.74, 6) is -0.750. The van der Waals surface area contributed by atoms with Gasteiger partial charge in [0, 0.05) is 17.1 Å². The van der Waals surface area contributed by atoms with E-state index < -0.39 is 11.5 Å². The highest BCUT2D eigenvalue weighted by molar-refractivity contribution is 6.30. The first-order chi connectivity index (χ1) is 7.08. The second-order valence-corrected chi connectivity index (χ2v) is 4.40. The summed E-state index contributed by atoms with van der Waals surface area (Å²) < 4.78 is 28.0. The number of nitrogens with two attached hydrogens (primary N) is 1. The molecular weight excluding hydrogens is 220 g/mol. The number of halogens is 3. The molecule has 1 aliphatic rings. The average molecular weight is 232 g/mol. The molecule has 0 radical (unpaired) electrons. The Hall–Kier alpha value is -0.670. The lowest BCUT2D eigenvalue weighted by molar-refractivity contribution is 0.137. The zero-order valence-corrected chi connectivity index (χ0v) is 8.90. The van der Waals surface area contributed by atoms with E-state index >= 15 is 0 Å². The molecule has 4 heteroatoms. The van der Waals surface area contributed by atoms with E-state index in [4.69, 9.17) is 17.3 Å². The molecule has 0 bridgehead atoms. The molecule has 0 saturated heterocycles. The fourth-order valence-electron chi connectivity index (χ4n) is 1.86. The molecule has 82 valence electrons. The van der Waals surface area contributed by atoms with Crippen LogP contribution in [-0.4, -0.2) is 6.54 Å². The SMILES string of the molecule is NCC(F)(c1ccc(Cl)cc1F)C1CC1. The third-order valence-corrected chi connectivity index (χ3v) is 3.14. The molecule has 1 unspecified atom stereocenters. The highest BCUT2D eigenvalue weighted by Gasteiger charge is 2.47. The topological polar surface area (TPSA) is 26.0 Å². The summed E-state index contributed by atoms with van der Waals surface area (Å²) in [4.78, 5) is 0. The molecule has 1 fully saturated rings. The van der Waals surface area contributed by atoms with Crippen molar-refractivity contribution < 1.29 is 8.78 Å². The van der Waals surface area contributed by atoms with Crippen molar-refractivity contribution >= 4 is 11.6 Å². The molecule has 1 saturated carbocycles. The monoisotopic (exact) mass is 231 g/mol. The Morgan fingerprint density at radius 2 is 2.13 bits per heavy atom. The van der Waals surface area contributed by atoms with Crippen molar-refractivity contribution in [3.05, 3.63) is 34.6 Å². The van der Waals surface area contributed by atoms with Gasteiger partial charge in [-0.3, -0.25) is 0 Å². The number of benzene rings is 1. The smallest absolute Gasteiger partial charge is 0.153 e. The fraction of sp³-hybridized carbons (Fsp3) is 0.455. The Morgan fingerprint density at radius 1 is 1.47 bits per heavy atom. The van der Waals surface area contributed by atoms with Gasteiger partial charge < -0.3 is 5.73 Å². The molecule has 2 N–H and O–H groups in total. The molecule has 1 aromatic carbocycles. The van der Waals surface area contributed by atoms with Crippen molar-refractivity contribution in [1.82, 2.24) is 0 Å². The molecule has 1 nitrogen and oxygen atoms in total. The molecule has 15 heavy (non-hydrogen) atoms. The quantitative estimate of drug-likeness (QED) is 0.850. The van der Waals surface area contributed by atoms with E-state index in [0.29, 0.717) is 0 Å². The van der Waals surface area contributed by atoms with Gasteiger partial charge in [0.2, 0.25) is 0 Å². The summed E-state index contributed by atoms with van der Waals surface area (Å²) in [5, 5.41) is 0.270. The van der Waals surface area contributed by atoms with E-state index in [1.54, 1.807) is 0 Å². The third-order valence-electron chi connectivity index (χ3n) is 2.90. The van der Waals surface area contributed by atoms with Gasteiger partial charge in [-0.2, -0.15) is 0 Å². The maximum absolute atomic E-state index is 14.4. The first-order valence-electron chi connectivity index (χ1n) is 4.92. The molecule has 0 aromatic heterocycles. The number of hydrogen-bond donors (Lipinski definition) is 1. The van der Waals surface area contributed by atoms with Crippen molar-refractivity contribution in [1.29, 1.82) is 0 Å². The second-order valence-electron chi connectivity index (χ2n) is 3.97. The summed E-state index contributed by atoms with van der Waals surface area (Å²) in [5.41, 5.74) is 3.72. The first kappa shape index (κ1) is 10.8. The molecule has 0 spiro atoms. The van der Waals surface area contributed by atoms with E-state index in [1.165, 1.54) is 12.1 Å². The minimum atomic E-state index is -1.73. The van der Waals surface area contributed by atoms with Crippen LogP contribution >= 0.6 is 11.6 Å². The highest BCUT2D eigenvalue weighted by atomic mass is 35.5. The van der Waals surface area contributed by atoms with Crippen LogP contribution in [0.2, 0.25) is 5.02 Å². The predicted octanol–water partition coefficient (Wildman–Crippen LogP) is 3.01. The Morgan fingerprint density at radius 3 is 2.60 bits per heavy atom. The predicted molar refractivity (Wildman–Crippen MR) is 56.0 cm³/mol. The van der Waals surface area contributed by atoms with Crippen LogP contribution in [0.1, 0.15) is 18.4 Å². The molecule has 1 aliphatic carbocycles. The van der Waals surface area contributed by atoms with Crippen LogP contribution in [-0.2, 0) is 5.67 Å². The van der Waals surface area contributed by atoms with Gasteiger partial charge in [-0.1, -0.05) is 17.7 Å². The highest BCUT2D eigenvalue weighted by Crippen LogP contribution is 2.48. The molecule has 0 amide bonds. The zero-order valence-electron chi connectivity index (χ0n) is 8.14. The van der Waals surface area contributed by atoms with Gasteiger partial charge in [-0.05, 0) is 30.9 Å². The van der Waals surface area contributed by atoms with Gasteiger partial charge in [-0.15, -0.1) is 0 Å². The molecular formula is C11H12ClF2N. The Labute approximate surface area is 92.2 Å². The number of alkyl halides is 1. The first-order valence-corrected chi connectivity index (χ1v) is 5.30. The van der Waals surface area contributed by atoms with Crippen LogP contribution in [0.5, 0.6) is 0 Å². The van der Waals surface area contributed by atoms with Crippen molar-refractivity contribution in [2.45, 2.75) is 18.5 Å². The van der Waals surface area contributed by atoms with Gasteiger partial charge >= 0.3 is 0 Å². The van der Waals surface area contributed by atoms with Crippen LogP contribution in [0.25, 0.3) is 0 Å². The molecule has 0 aliphatic heterocycles. The van der Waals surface area contributed by atoms with Crippen LogP contribution < -0.4 is 5.73 Å².